The summed E-state index contributed by atoms with van der Waals surface area (Å²) in [5.41, 5.74) is 8.07. The summed E-state index contributed by atoms with van der Waals surface area (Å²) in [6.45, 7) is 0. The van der Waals surface area contributed by atoms with E-state index in [1.54, 1.807) is 0 Å². The van der Waals surface area contributed by atoms with Gasteiger partial charge in [-0.3, -0.25) is 4.40 Å². The molecule has 10 rings (SSSR count). The minimum atomic E-state index is 0.638. The second-order valence-corrected chi connectivity index (χ2v) is 13.0. The normalized spacial score (nSPS) is 11.8. The molecule has 0 N–H and O–H groups in total. The lowest BCUT2D eigenvalue weighted by molar-refractivity contribution is 1.07. The zero-order valence-electron chi connectivity index (χ0n) is 25.6. The van der Waals surface area contributed by atoms with Crippen LogP contribution in [0.2, 0.25) is 0 Å². The van der Waals surface area contributed by atoms with Crippen LogP contribution in [-0.2, 0) is 0 Å². The number of benzene rings is 6. The Morgan fingerprint density at radius 3 is 1.65 bits per heavy atom. The molecule has 0 saturated carbocycles. The van der Waals surface area contributed by atoms with Gasteiger partial charge in [-0.2, -0.15) is 0 Å². The van der Waals surface area contributed by atoms with Crippen LogP contribution >= 0.6 is 11.3 Å². The van der Waals surface area contributed by atoms with E-state index in [1.165, 1.54) is 30.9 Å². The largest absolute Gasteiger partial charge is 0.291 e. The Kier molecular flexibility index (Phi) is 5.98. The zero-order chi connectivity index (χ0) is 31.6. The van der Waals surface area contributed by atoms with E-state index in [1.807, 2.05) is 72.0 Å². The van der Waals surface area contributed by atoms with Crippen LogP contribution in [-0.4, -0.2) is 24.3 Å². The number of rotatable bonds is 4. The Morgan fingerprint density at radius 2 is 0.979 bits per heavy atom. The van der Waals surface area contributed by atoms with E-state index >= 15 is 0 Å². The lowest BCUT2D eigenvalue weighted by Crippen LogP contribution is -2.00. The van der Waals surface area contributed by atoms with E-state index in [9.17, 15) is 0 Å². The topological polar surface area (TPSA) is 56.0 Å². The van der Waals surface area contributed by atoms with Crippen LogP contribution in [0.15, 0.2) is 152 Å². The van der Waals surface area contributed by atoms with E-state index in [0.717, 1.165) is 44.6 Å². The maximum Gasteiger partial charge on any atom is 0.164 e. The van der Waals surface area contributed by atoms with E-state index in [2.05, 4.69) is 95.4 Å². The molecule has 6 heteroatoms. The van der Waals surface area contributed by atoms with Crippen molar-refractivity contribution in [2.75, 3.05) is 0 Å². The first kappa shape index (κ1) is 26.9. The van der Waals surface area contributed by atoms with E-state index in [4.69, 9.17) is 19.9 Å². The van der Waals surface area contributed by atoms with Crippen LogP contribution in [0.5, 0.6) is 0 Å². The molecule has 0 aliphatic heterocycles. The van der Waals surface area contributed by atoms with Gasteiger partial charge in [0.15, 0.2) is 23.1 Å². The Bertz CT molecular complexity index is 2760. The number of fused-ring (bicyclic) bond motifs is 8. The molecule has 5 nitrogen and oxygen atoms in total. The molecule has 0 radical (unpaired) electrons. The molecule has 0 aliphatic rings. The fourth-order valence-corrected chi connectivity index (χ4v) is 7.87. The number of thiophene rings is 1. The van der Waals surface area contributed by atoms with E-state index < -0.39 is 0 Å². The molecule has 0 unspecified atom stereocenters. The molecule has 0 atom stereocenters. The number of para-hydroxylation sites is 2. The average molecular weight is 632 g/mol. The Labute approximate surface area is 279 Å². The van der Waals surface area contributed by atoms with Gasteiger partial charge in [-0.25, -0.2) is 19.9 Å². The van der Waals surface area contributed by atoms with Crippen LogP contribution in [0.3, 0.4) is 0 Å². The van der Waals surface area contributed by atoms with Gasteiger partial charge in [-0.05, 0) is 46.7 Å². The molecule has 10 aromatic rings. The van der Waals surface area contributed by atoms with Gasteiger partial charge in [0.1, 0.15) is 0 Å². The molecular formula is C42H25N5S. The Balaban J connectivity index is 1.17. The lowest BCUT2D eigenvalue weighted by atomic mass is 10.0. The van der Waals surface area contributed by atoms with Gasteiger partial charge in [0.05, 0.1) is 21.4 Å². The van der Waals surface area contributed by atoms with Crippen molar-refractivity contribution in [3.63, 3.8) is 0 Å². The summed E-state index contributed by atoms with van der Waals surface area (Å²) in [6, 6.07) is 52.7. The standard InChI is InChI=1S/C42H25N5S/c1-3-11-27(12-4-1)39-44-40(28-13-5-2-6-14-28)46-41(45-39)29-21-19-26(20-22-29)36-25-33-32-23-30-15-7-8-16-31(30)24-37(32)48-38(33)42-43-34-17-9-10-18-35(34)47(36)42/h1-25H. The number of hydrogen-bond donors (Lipinski definition) is 0. The highest BCUT2D eigenvalue weighted by Crippen LogP contribution is 2.42. The highest BCUT2D eigenvalue weighted by Gasteiger charge is 2.19. The highest BCUT2D eigenvalue weighted by atomic mass is 32.1. The minimum Gasteiger partial charge on any atom is -0.291 e. The second-order valence-electron chi connectivity index (χ2n) is 11.9. The van der Waals surface area contributed by atoms with Gasteiger partial charge in [0.2, 0.25) is 0 Å². The predicted molar refractivity (Wildman–Crippen MR) is 198 cm³/mol. The van der Waals surface area contributed by atoms with E-state index in [0.29, 0.717) is 17.5 Å². The van der Waals surface area contributed by atoms with Crippen molar-refractivity contribution in [3.05, 3.63) is 152 Å². The molecule has 0 fully saturated rings. The van der Waals surface area contributed by atoms with Crippen molar-refractivity contribution in [3.8, 4) is 45.4 Å². The smallest absolute Gasteiger partial charge is 0.164 e. The van der Waals surface area contributed by atoms with Crippen molar-refractivity contribution >= 4 is 59.0 Å². The average Bonchev–Trinajstić information content (AvgIpc) is 3.72. The predicted octanol–water partition coefficient (Wildman–Crippen LogP) is 10.9. The number of aromatic nitrogens is 5. The van der Waals surface area contributed by atoms with Gasteiger partial charge in [-0.15, -0.1) is 11.3 Å². The summed E-state index contributed by atoms with van der Waals surface area (Å²) in [6.07, 6.45) is 0. The number of hydrogen-bond acceptors (Lipinski definition) is 5. The first-order valence-electron chi connectivity index (χ1n) is 15.9. The van der Waals surface area contributed by atoms with Gasteiger partial charge in [-0.1, -0.05) is 121 Å². The fraction of sp³-hybridized carbons (Fsp3) is 0. The first-order chi connectivity index (χ1) is 23.8. The van der Waals surface area contributed by atoms with Crippen molar-refractivity contribution in [1.29, 1.82) is 0 Å². The summed E-state index contributed by atoms with van der Waals surface area (Å²) in [5, 5.41) is 4.97. The Hall–Kier alpha value is -6.24. The zero-order valence-corrected chi connectivity index (χ0v) is 26.4. The summed E-state index contributed by atoms with van der Waals surface area (Å²) in [7, 11) is 0. The maximum atomic E-state index is 5.18. The van der Waals surface area contributed by atoms with Crippen molar-refractivity contribution in [2.45, 2.75) is 0 Å². The third kappa shape index (κ3) is 4.31. The molecular weight excluding hydrogens is 607 g/mol. The second kappa shape index (κ2) is 10.7. The molecule has 0 aliphatic carbocycles. The van der Waals surface area contributed by atoms with Crippen LogP contribution in [0, 0.1) is 0 Å². The van der Waals surface area contributed by atoms with Crippen LogP contribution < -0.4 is 0 Å². The first-order valence-corrected chi connectivity index (χ1v) is 16.7. The van der Waals surface area contributed by atoms with Gasteiger partial charge < -0.3 is 0 Å². The van der Waals surface area contributed by atoms with Crippen LogP contribution in [0.1, 0.15) is 0 Å². The lowest BCUT2D eigenvalue weighted by Gasteiger charge is -2.11. The van der Waals surface area contributed by atoms with E-state index in [-0.39, 0.29) is 0 Å². The molecule has 0 bridgehead atoms. The van der Waals surface area contributed by atoms with Crippen molar-refractivity contribution < 1.29 is 0 Å². The van der Waals surface area contributed by atoms with Crippen LogP contribution in [0.25, 0.3) is 93.0 Å². The minimum absolute atomic E-state index is 0.638. The van der Waals surface area contributed by atoms with Gasteiger partial charge in [0, 0.05) is 32.2 Å². The fourth-order valence-electron chi connectivity index (χ4n) is 6.67. The van der Waals surface area contributed by atoms with Crippen molar-refractivity contribution in [1.82, 2.24) is 24.3 Å². The monoisotopic (exact) mass is 631 g/mol. The molecule has 0 saturated heterocycles. The Morgan fingerprint density at radius 1 is 0.438 bits per heavy atom. The maximum absolute atomic E-state index is 5.18. The molecule has 0 amide bonds. The third-order valence-electron chi connectivity index (χ3n) is 9.02. The third-order valence-corrected chi connectivity index (χ3v) is 10.2. The quantitative estimate of drug-likeness (QED) is 0.194. The SMILES string of the molecule is c1ccc(-c2nc(-c3ccccc3)nc(-c3ccc(-c4cc5c6cc7ccccc7cc6sc5c5nc6ccccc6n45)cc3)n2)cc1. The number of pyridine rings is 1. The van der Waals surface area contributed by atoms with Crippen LogP contribution in [0.4, 0.5) is 0 Å². The molecule has 4 aromatic heterocycles. The summed E-state index contributed by atoms with van der Waals surface area (Å²) < 4.78 is 4.78. The molecule has 6 aromatic carbocycles. The molecule has 4 heterocycles. The highest BCUT2D eigenvalue weighted by molar-refractivity contribution is 7.26. The summed E-state index contributed by atoms with van der Waals surface area (Å²) in [5.74, 6) is 1.94. The molecule has 224 valence electrons. The summed E-state index contributed by atoms with van der Waals surface area (Å²) >= 11 is 1.82. The summed E-state index contributed by atoms with van der Waals surface area (Å²) in [4.78, 5) is 19.9. The van der Waals surface area contributed by atoms with Gasteiger partial charge >= 0.3 is 0 Å². The van der Waals surface area contributed by atoms with Crippen molar-refractivity contribution in [2.24, 2.45) is 0 Å². The number of imidazole rings is 1. The molecule has 48 heavy (non-hydrogen) atoms. The van der Waals surface area contributed by atoms with Gasteiger partial charge in [0.25, 0.3) is 0 Å². The molecule has 0 spiro atoms. The number of nitrogens with zero attached hydrogens (tertiary/aromatic N) is 5.